The van der Waals surface area contributed by atoms with Crippen molar-refractivity contribution in [3.05, 3.63) is 34.6 Å². The highest BCUT2D eigenvalue weighted by Gasteiger charge is 2.13. The van der Waals surface area contributed by atoms with E-state index in [4.69, 9.17) is 16.7 Å². The van der Waals surface area contributed by atoms with E-state index in [-0.39, 0.29) is 18.3 Å². The SMILES string of the molecule is CCCC(CO)Cc1c(F)cccc1Cl. The molecule has 1 aromatic carbocycles. The molecule has 1 unspecified atom stereocenters. The van der Waals surface area contributed by atoms with Gasteiger partial charge >= 0.3 is 0 Å². The van der Waals surface area contributed by atoms with E-state index in [1.54, 1.807) is 12.1 Å². The molecule has 0 bridgehead atoms. The van der Waals surface area contributed by atoms with Crippen LogP contribution < -0.4 is 0 Å². The summed E-state index contributed by atoms with van der Waals surface area (Å²) in [7, 11) is 0. The molecule has 3 heteroatoms. The van der Waals surface area contributed by atoms with E-state index in [1.165, 1.54) is 6.07 Å². The zero-order valence-electron chi connectivity index (χ0n) is 8.84. The maximum absolute atomic E-state index is 13.4. The van der Waals surface area contributed by atoms with Gasteiger partial charge in [-0.15, -0.1) is 0 Å². The summed E-state index contributed by atoms with van der Waals surface area (Å²) >= 11 is 5.91. The van der Waals surface area contributed by atoms with Gasteiger partial charge in [0.1, 0.15) is 5.82 Å². The van der Waals surface area contributed by atoms with Gasteiger partial charge in [-0.25, -0.2) is 4.39 Å². The second-order valence-electron chi connectivity index (χ2n) is 3.74. The normalized spacial score (nSPS) is 12.8. The van der Waals surface area contributed by atoms with Gasteiger partial charge in [0.15, 0.2) is 0 Å². The van der Waals surface area contributed by atoms with E-state index in [2.05, 4.69) is 0 Å². The van der Waals surface area contributed by atoms with Gasteiger partial charge in [-0.2, -0.15) is 0 Å². The predicted molar refractivity (Wildman–Crippen MR) is 60.6 cm³/mol. The Labute approximate surface area is 94.9 Å². The van der Waals surface area contributed by atoms with Gasteiger partial charge in [-0.05, 0) is 30.9 Å². The summed E-state index contributed by atoms with van der Waals surface area (Å²) in [6, 6.07) is 4.68. The first-order valence-corrected chi connectivity index (χ1v) is 5.60. The second kappa shape index (κ2) is 6.09. The van der Waals surface area contributed by atoms with Crippen molar-refractivity contribution in [1.29, 1.82) is 0 Å². The van der Waals surface area contributed by atoms with E-state index in [0.717, 1.165) is 12.8 Å². The Bertz CT molecular complexity index is 294. The zero-order valence-corrected chi connectivity index (χ0v) is 9.60. The van der Waals surface area contributed by atoms with Crippen LogP contribution in [0, 0.1) is 11.7 Å². The van der Waals surface area contributed by atoms with E-state index in [0.29, 0.717) is 17.0 Å². The number of hydrogen-bond donors (Lipinski definition) is 1. The molecule has 0 aliphatic rings. The molecular weight excluding hydrogens is 215 g/mol. The summed E-state index contributed by atoms with van der Waals surface area (Å²) in [5.74, 6) is -0.179. The third-order valence-corrected chi connectivity index (χ3v) is 2.86. The molecule has 1 rings (SSSR count). The molecule has 0 amide bonds. The van der Waals surface area contributed by atoms with Gasteiger partial charge in [0.25, 0.3) is 0 Å². The van der Waals surface area contributed by atoms with Crippen molar-refractivity contribution in [2.45, 2.75) is 26.2 Å². The van der Waals surface area contributed by atoms with E-state index in [9.17, 15) is 4.39 Å². The minimum absolute atomic E-state index is 0.0818. The Hall–Kier alpha value is -0.600. The Morgan fingerprint density at radius 3 is 2.73 bits per heavy atom. The molecule has 0 heterocycles. The fraction of sp³-hybridized carbons (Fsp3) is 0.500. The standard InChI is InChI=1S/C12H16ClFO/c1-2-4-9(8-15)7-10-11(13)5-3-6-12(10)14/h3,5-6,9,15H,2,4,7-8H2,1H3. The van der Waals surface area contributed by atoms with Crippen molar-refractivity contribution in [3.8, 4) is 0 Å². The first-order chi connectivity index (χ1) is 7.19. The topological polar surface area (TPSA) is 20.2 Å². The van der Waals surface area contributed by atoms with Crippen LogP contribution in [-0.2, 0) is 6.42 Å². The fourth-order valence-corrected chi connectivity index (χ4v) is 1.92. The molecule has 1 N–H and O–H groups in total. The molecule has 0 saturated carbocycles. The first kappa shape index (κ1) is 12.5. The second-order valence-corrected chi connectivity index (χ2v) is 4.15. The van der Waals surface area contributed by atoms with Crippen LogP contribution in [0.15, 0.2) is 18.2 Å². The van der Waals surface area contributed by atoms with Crippen molar-refractivity contribution in [2.75, 3.05) is 6.61 Å². The van der Waals surface area contributed by atoms with Crippen LogP contribution in [0.1, 0.15) is 25.3 Å². The minimum atomic E-state index is -0.281. The van der Waals surface area contributed by atoms with Crippen LogP contribution in [0.2, 0.25) is 5.02 Å². The molecule has 1 aromatic rings. The molecule has 0 aromatic heterocycles. The molecule has 15 heavy (non-hydrogen) atoms. The van der Waals surface area contributed by atoms with Crippen LogP contribution in [-0.4, -0.2) is 11.7 Å². The third-order valence-electron chi connectivity index (χ3n) is 2.51. The summed E-state index contributed by atoms with van der Waals surface area (Å²) in [6.45, 7) is 2.13. The van der Waals surface area contributed by atoms with Crippen molar-refractivity contribution < 1.29 is 9.50 Å². The lowest BCUT2D eigenvalue weighted by Gasteiger charge is -2.14. The summed E-state index contributed by atoms with van der Waals surface area (Å²) in [5, 5.41) is 9.58. The molecule has 0 saturated heterocycles. The van der Waals surface area contributed by atoms with Crippen LogP contribution in [0.5, 0.6) is 0 Å². The molecule has 0 spiro atoms. The lowest BCUT2D eigenvalue weighted by molar-refractivity contribution is 0.216. The van der Waals surface area contributed by atoms with E-state index < -0.39 is 0 Å². The first-order valence-electron chi connectivity index (χ1n) is 5.22. The maximum atomic E-state index is 13.4. The Morgan fingerprint density at radius 1 is 1.47 bits per heavy atom. The number of rotatable bonds is 5. The summed E-state index contributed by atoms with van der Waals surface area (Å²) in [5.41, 5.74) is 0.520. The highest BCUT2D eigenvalue weighted by molar-refractivity contribution is 6.31. The summed E-state index contributed by atoms with van der Waals surface area (Å²) in [6.07, 6.45) is 2.38. The number of aliphatic hydroxyl groups is 1. The Balaban J connectivity index is 2.78. The van der Waals surface area contributed by atoms with Gasteiger partial charge in [0.05, 0.1) is 0 Å². The quantitative estimate of drug-likeness (QED) is 0.822. The number of aliphatic hydroxyl groups excluding tert-OH is 1. The summed E-state index contributed by atoms with van der Waals surface area (Å²) < 4.78 is 13.4. The van der Waals surface area contributed by atoms with Crippen LogP contribution in [0.25, 0.3) is 0 Å². The Kier molecular flexibility index (Phi) is 5.06. The highest BCUT2D eigenvalue weighted by atomic mass is 35.5. The molecule has 0 aliphatic heterocycles. The van der Waals surface area contributed by atoms with Crippen molar-refractivity contribution >= 4 is 11.6 Å². The fourth-order valence-electron chi connectivity index (χ4n) is 1.68. The zero-order chi connectivity index (χ0) is 11.3. The number of halogens is 2. The Morgan fingerprint density at radius 2 is 2.20 bits per heavy atom. The molecular formula is C12H16ClFO. The minimum Gasteiger partial charge on any atom is -0.396 e. The van der Waals surface area contributed by atoms with Crippen molar-refractivity contribution in [2.24, 2.45) is 5.92 Å². The largest absolute Gasteiger partial charge is 0.396 e. The van der Waals surface area contributed by atoms with Gasteiger partial charge in [0, 0.05) is 17.2 Å². The molecule has 1 nitrogen and oxygen atoms in total. The number of benzene rings is 1. The monoisotopic (exact) mass is 230 g/mol. The lowest BCUT2D eigenvalue weighted by Crippen LogP contribution is -2.10. The highest BCUT2D eigenvalue weighted by Crippen LogP contribution is 2.23. The van der Waals surface area contributed by atoms with Gasteiger partial charge in [-0.1, -0.05) is 31.0 Å². The molecule has 0 radical (unpaired) electrons. The average Bonchev–Trinajstić information content (AvgIpc) is 2.22. The van der Waals surface area contributed by atoms with Crippen LogP contribution >= 0.6 is 11.6 Å². The van der Waals surface area contributed by atoms with Crippen LogP contribution in [0.3, 0.4) is 0 Å². The average molecular weight is 231 g/mol. The van der Waals surface area contributed by atoms with Gasteiger partial charge in [0.2, 0.25) is 0 Å². The van der Waals surface area contributed by atoms with E-state index in [1.807, 2.05) is 6.92 Å². The maximum Gasteiger partial charge on any atom is 0.127 e. The van der Waals surface area contributed by atoms with Gasteiger partial charge in [-0.3, -0.25) is 0 Å². The van der Waals surface area contributed by atoms with Crippen molar-refractivity contribution in [3.63, 3.8) is 0 Å². The molecule has 1 atom stereocenters. The third kappa shape index (κ3) is 3.47. The number of hydrogen-bond acceptors (Lipinski definition) is 1. The predicted octanol–water partition coefficient (Wildman–Crippen LogP) is 3.43. The molecule has 0 aliphatic carbocycles. The summed E-state index contributed by atoms with van der Waals surface area (Å²) in [4.78, 5) is 0. The molecule has 84 valence electrons. The van der Waals surface area contributed by atoms with E-state index >= 15 is 0 Å². The lowest BCUT2D eigenvalue weighted by atomic mass is 9.95. The molecule has 0 fully saturated rings. The van der Waals surface area contributed by atoms with Crippen molar-refractivity contribution in [1.82, 2.24) is 0 Å². The van der Waals surface area contributed by atoms with Crippen LogP contribution in [0.4, 0.5) is 4.39 Å². The smallest absolute Gasteiger partial charge is 0.127 e. The van der Waals surface area contributed by atoms with Gasteiger partial charge < -0.3 is 5.11 Å².